The van der Waals surface area contributed by atoms with E-state index in [2.05, 4.69) is 27.5 Å². The van der Waals surface area contributed by atoms with Gasteiger partial charge in [0, 0.05) is 38.3 Å². The predicted molar refractivity (Wildman–Crippen MR) is 104 cm³/mol. The Morgan fingerprint density at radius 3 is 2.76 bits per heavy atom. The summed E-state index contributed by atoms with van der Waals surface area (Å²) < 4.78 is 13.4. The van der Waals surface area contributed by atoms with E-state index in [1.807, 2.05) is 30.8 Å². The zero-order chi connectivity index (χ0) is 18.1. The summed E-state index contributed by atoms with van der Waals surface area (Å²) in [5, 5.41) is 6.62. The molecule has 0 radical (unpaired) electrons. The number of guanidine groups is 1. The standard InChI is InChI=1S/C19H25FN4S/c1-14-11-22-8-6-15(14)7-9-23-19(21-2)24-12-16-4-5-18(20)10-17(16)13-25-3/h4-6,8,10-11H,7,9,12-13H2,1-3H3,(H2,21,23,24). The molecule has 2 rings (SSSR count). The number of nitrogens with zero attached hydrogens (tertiary/aromatic N) is 2. The normalized spacial score (nSPS) is 11.4. The lowest BCUT2D eigenvalue weighted by Crippen LogP contribution is -2.38. The third kappa shape index (κ3) is 6.05. The Labute approximate surface area is 153 Å². The fourth-order valence-electron chi connectivity index (χ4n) is 2.55. The summed E-state index contributed by atoms with van der Waals surface area (Å²) in [6.07, 6.45) is 6.62. The molecule has 4 nitrogen and oxygen atoms in total. The van der Waals surface area contributed by atoms with Crippen LogP contribution in [0.1, 0.15) is 22.3 Å². The molecule has 0 aliphatic carbocycles. The van der Waals surface area contributed by atoms with E-state index in [1.165, 1.54) is 17.2 Å². The van der Waals surface area contributed by atoms with Gasteiger partial charge in [-0.05, 0) is 60.1 Å². The highest BCUT2D eigenvalue weighted by Gasteiger charge is 2.06. The van der Waals surface area contributed by atoms with Gasteiger partial charge in [-0.2, -0.15) is 11.8 Å². The molecule has 2 N–H and O–H groups in total. The fourth-order valence-corrected chi connectivity index (χ4v) is 3.13. The van der Waals surface area contributed by atoms with Gasteiger partial charge in [-0.15, -0.1) is 0 Å². The largest absolute Gasteiger partial charge is 0.356 e. The summed E-state index contributed by atoms with van der Waals surface area (Å²) in [6, 6.07) is 6.99. The molecule has 1 aromatic carbocycles. The molecule has 134 valence electrons. The Bertz CT molecular complexity index is 718. The Balaban J connectivity index is 1.87. The number of nitrogens with one attached hydrogen (secondary N) is 2. The highest BCUT2D eigenvalue weighted by Crippen LogP contribution is 2.16. The number of hydrogen-bond acceptors (Lipinski definition) is 3. The molecule has 0 saturated carbocycles. The molecule has 0 fully saturated rings. The van der Waals surface area contributed by atoms with Gasteiger partial charge in [-0.3, -0.25) is 9.98 Å². The first kappa shape index (κ1) is 19.2. The lowest BCUT2D eigenvalue weighted by molar-refractivity contribution is 0.625. The van der Waals surface area contributed by atoms with E-state index in [4.69, 9.17) is 0 Å². The lowest BCUT2D eigenvalue weighted by Gasteiger charge is -2.14. The van der Waals surface area contributed by atoms with Crippen molar-refractivity contribution in [3.63, 3.8) is 0 Å². The quantitative estimate of drug-likeness (QED) is 0.588. The lowest BCUT2D eigenvalue weighted by atomic mass is 10.1. The van der Waals surface area contributed by atoms with Crippen LogP contribution in [0.5, 0.6) is 0 Å². The number of rotatable bonds is 7. The molecule has 25 heavy (non-hydrogen) atoms. The average Bonchev–Trinajstić information content (AvgIpc) is 2.61. The Kier molecular flexibility index (Phi) is 7.73. The van der Waals surface area contributed by atoms with E-state index in [0.717, 1.165) is 35.8 Å². The van der Waals surface area contributed by atoms with E-state index >= 15 is 0 Å². The maximum Gasteiger partial charge on any atom is 0.191 e. The van der Waals surface area contributed by atoms with Crippen LogP contribution in [0, 0.1) is 12.7 Å². The molecule has 2 aromatic rings. The maximum absolute atomic E-state index is 13.4. The topological polar surface area (TPSA) is 49.3 Å². The van der Waals surface area contributed by atoms with Gasteiger partial charge in [0.05, 0.1) is 0 Å². The van der Waals surface area contributed by atoms with E-state index < -0.39 is 0 Å². The minimum atomic E-state index is -0.192. The van der Waals surface area contributed by atoms with Gasteiger partial charge in [-0.1, -0.05) is 6.07 Å². The number of aromatic nitrogens is 1. The molecule has 0 aliphatic heterocycles. The van der Waals surface area contributed by atoms with Crippen molar-refractivity contribution >= 4 is 17.7 Å². The first-order valence-corrected chi connectivity index (χ1v) is 9.63. The van der Waals surface area contributed by atoms with Crippen LogP contribution >= 0.6 is 11.8 Å². The summed E-state index contributed by atoms with van der Waals surface area (Å²) in [7, 11) is 1.75. The molecule has 0 atom stereocenters. The summed E-state index contributed by atoms with van der Waals surface area (Å²) in [5.74, 6) is 1.34. The SMILES string of the molecule is CN=C(NCCc1ccncc1C)NCc1ccc(F)cc1CSC. The number of halogens is 1. The summed E-state index contributed by atoms with van der Waals surface area (Å²) in [6.45, 7) is 3.47. The number of aliphatic imine (C=N–C) groups is 1. The molecule has 0 unspecified atom stereocenters. The van der Waals surface area contributed by atoms with Crippen LogP contribution in [0.15, 0.2) is 41.7 Å². The van der Waals surface area contributed by atoms with Crippen molar-refractivity contribution in [2.24, 2.45) is 4.99 Å². The molecular formula is C19H25FN4S. The second kappa shape index (κ2) is 10.0. The van der Waals surface area contributed by atoms with E-state index in [9.17, 15) is 4.39 Å². The van der Waals surface area contributed by atoms with Gasteiger partial charge in [0.15, 0.2) is 5.96 Å². The monoisotopic (exact) mass is 360 g/mol. The number of benzene rings is 1. The average molecular weight is 361 g/mol. The number of pyridine rings is 1. The van der Waals surface area contributed by atoms with E-state index in [-0.39, 0.29) is 5.82 Å². The second-order valence-corrected chi connectivity index (χ2v) is 6.62. The van der Waals surface area contributed by atoms with Crippen molar-refractivity contribution < 1.29 is 4.39 Å². The summed E-state index contributed by atoms with van der Waals surface area (Å²) in [5.41, 5.74) is 4.57. The van der Waals surface area contributed by atoms with Crippen LogP contribution in [-0.2, 0) is 18.7 Å². The first-order chi connectivity index (χ1) is 12.1. The van der Waals surface area contributed by atoms with Gasteiger partial charge >= 0.3 is 0 Å². The zero-order valence-corrected chi connectivity index (χ0v) is 15.8. The number of aryl methyl sites for hydroxylation is 1. The number of hydrogen-bond donors (Lipinski definition) is 2. The van der Waals surface area contributed by atoms with Crippen molar-refractivity contribution in [2.75, 3.05) is 19.8 Å². The van der Waals surface area contributed by atoms with Crippen molar-refractivity contribution in [3.05, 3.63) is 64.7 Å². The zero-order valence-electron chi connectivity index (χ0n) is 15.0. The smallest absolute Gasteiger partial charge is 0.191 e. The van der Waals surface area contributed by atoms with Crippen LogP contribution in [0.3, 0.4) is 0 Å². The number of thioether (sulfide) groups is 1. The minimum Gasteiger partial charge on any atom is -0.356 e. The van der Waals surface area contributed by atoms with Crippen LogP contribution < -0.4 is 10.6 Å². The predicted octanol–water partition coefficient (Wildman–Crippen LogP) is 3.30. The highest BCUT2D eigenvalue weighted by molar-refractivity contribution is 7.97. The van der Waals surface area contributed by atoms with Crippen LogP contribution in [0.25, 0.3) is 0 Å². The Morgan fingerprint density at radius 2 is 2.04 bits per heavy atom. The van der Waals surface area contributed by atoms with Gasteiger partial charge < -0.3 is 10.6 Å². The van der Waals surface area contributed by atoms with Crippen molar-refractivity contribution in [1.82, 2.24) is 15.6 Å². The third-order valence-electron chi connectivity index (χ3n) is 3.96. The molecule has 1 aromatic heterocycles. The molecule has 0 bridgehead atoms. The van der Waals surface area contributed by atoms with Crippen LogP contribution in [-0.4, -0.2) is 30.8 Å². The van der Waals surface area contributed by atoms with Crippen molar-refractivity contribution in [3.8, 4) is 0 Å². The fraction of sp³-hybridized carbons (Fsp3) is 0.368. The molecule has 0 spiro atoms. The van der Waals surface area contributed by atoms with Crippen molar-refractivity contribution in [1.29, 1.82) is 0 Å². The van der Waals surface area contributed by atoms with Gasteiger partial charge in [-0.25, -0.2) is 4.39 Å². The van der Waals surface area contributed by atoms with Crippen LogP contribution in [0.4, 0.5) is 4.39 Å². The first-order valence-electron chi connectivity index (χ1n) is 8.24. The van der Waals surface area contributed by atoms with E-state index in [1.54, 1.807) is 24.9 Å². The van der Waals surface area contributed by atoms with E-state index in [0.29, 0.717) is 6.54 Å². The van der Waals surface area contributed by atoms with Crippen molar-refractivity contribution in [2.45, 2.75) is 25.6 Å². The molecule has 6 heteroatoms. The van der Waals surface area contributed by atoms with Gasteiger partial charge in [0.25, 0.3) is 0 Å². The molecular weight excluding hydrogens is 335 g/mol. The van der Waals surface area contributed by atoms with Gasteiger partial charge in [0.1, 0.15) is 5.82 Å². The minimum absolute atomic E-state index is 0.192. The van der Waals surface area contributed by atoms with Gasteiger partial charge in [0.2, 0.25) is 0 Å². The van der Waals surface area contributed by atoms with Crippen LogP contribution in [0.2, 0.25) is 0 Å². The molecule has 1 heterocycles. The summed E-state index contributed by atoms with van der Waals surface area (Å²) >= 11 is 1.69. The Morgan fingerprint density at radius 1 is 1.20 bits per heavy atom. The highest BCUT2D eigenvalue weighted by atomic mass is 32.2. The molecule has 0 saturated heterocycles. The summed E-state index contributed by atoms with van der Waals surface area (Å²) in [4.78, 5) is 8.36. The second-order valence-electron chi connectivity index (χ2n) is 5.75. The molecule has 0 aliphatic rings. The molecule has 0 amide bonds. The third-order valence-corrected chi connectivity index (χ3v) is 4.56. The maximum atomic E-state index is 13.4. The Hall–Kier alpha value is -2.08.